The zero-order chi connectivity index (χ0) is 20.5. The van der Waals surface area contributed by atoms with Crippen molar-refractivity contribution in [3.63, 3.8) is 0 Å². The van der Waals surface area contributed by atoms with Crippen LogP contribution in [-0.4, -0.2) is 11.1 Å². The molecule has 3 rings (SSSR count). The summed E-state index contributed by atoms with van der Waals surface area (Å²) in [6.45, 7) is 6.30. The Morgan fingerprint density at radius 3 is 1.62 bits per heavy atom. The third-order valence-electron chi connectivity index (χ3n) is 6.22. The first kappa shape index (κ1) is 21.9. The minimum absolute atomic E-state index is 0.742. The molecule has 0 unspecified atom stereocenters. The summed E-state index contributed by atoms with van der Waals surface area (Å²) >= 11 is 0. The predicted octanol–water partition coefficient (Wildman–Crippen LogP) is 7.39. The van der Waals surface area contributed by atoms with Crippen molar-refractivity contribution in [2.45, 2.75) is 91.0 Å². The molecule has 158 valence electrons. The molecule has 2 aromatic carbocycles. The fraction of sp³-hybridized carbons (Fsp3) is 0.556. The van der Waals surface area contributed by atoms with Gasteiger partial charge in [-0.05, 0) is 74.0 Å². The van der Waals surface area contributed by atoms with Crippen LogP contribution in [0.3, 0.4) is 0 Å². The zero-order valence-electron chi connectivity index (χ0n) is 18.7. The smallest absolute Gasteiger partial charge is 0.0491 e. The average Bonchev–Trinajstić information content (AvgIpc) is 3.05. The van der Waals surface area contributed by atoms with Crippen molar-refractivity contribution >= 4 is 21.8 Å². The number of hydrogen-bond acceptors (Lipinski definition) is 1. The SMILES string of the molecule is CCCCCCc1ccc2c(c1)c1cc(CCCCCC)ccc1n2CCCN. The Balaban J connectivity index is 1.91. The highest BCUT2D eigenvalue weighted by molar-refractivity contribution is 6.08. The monoisotopic (exact) mass is 392 g/mol. The summed E-state index contributed by atoms with van der Waals surface area (Å²) in [5.41, 5.74) is 11.5. The number of nitrogens with zero attached hydrogens (tertiary/aromatic N) is 1. The second-order valence-corrected chi connectivity index (χ2v) is 8.62. The quantitative estimate of drug-likeness (QED) is 0.302. The number of nitrogens with two attached hydrogens (primary N) is 1. The second kappa shape index (κ2) is 11.4. The molecule has 0 bridgehead atoms. The maximum Gasteiger partial charge on any atom is 0.0491 e. The van der Waals surface area contributed by atoms with Gasteiger partial charge in [0.1, 0.15) is 0 Å². The summed E-state index contributed by atoms with van der Waals surface area (Å²) in [5.74, 6) is 0. The molecule has 29 heavy (non-hydrogen) atoms. The lowest BCUT2D eigenvalue weighted by atomic mass is 10.0. The number of benzene rings is 2. The Morgan fingerprint density at radius 2 is 1.17 bits per heavy atom. The Hall–Kier alpha value is -1.80. The maximum absolute atomic E-state index is 5.83. The molecule has 0 aliphatic rings. The number of unbranched alkanes of at least 4 members (excludes halogenated alkanes) is 6. The van der Waals surface area contributed by atoms with Crippen LogP contribution >= 0.6 is 0 Å². The van der Waals surface area contributed by atoms with Crippen LogP contribution in [0.1, 0.15) is 82.8 Å². The minimum atomic E-state index is 0.742. The van der Waals surface area contributed by atoms with E-state index < -0.39 is 0 Å². The summed E-state index contributed by atoms with van der Waals surface area (Å²) < 4.78 is 2.49. The molecule has 0 spiro atoms. The van der Waals surface area contributed by atoms with Gasteiger partial charge < -0.3 is 10.3 Å². The van der Waals surface area contributed by atoms with Gasteiger partial charge in [-0.2, -0.15) is 0 Å². The molecule has 3 aromatic rings. The third kappa shape index (κ3) is 5.63. The largest absolute Gasteiger partial charge is 0.340 e. The molecule has 2 nitrogen and oxygen atoms in total. The molecule has 0 radical (unpaired) electrons. The number of rotatable bonds is 13. The van der Waals surface area contributed by atoms with Crippen molar-refractivity contribution in [3.8, 4) is 0 Å². The molecule has 1 aromatic heterocycles. The number of fused-ring (bicyclic) bond motifs is 3. The van der Waals surface area contributed by atoms with E-state index in [4.69, 9.17) is 5.73 Å². The van der Waals surface area contributed by atoms with Gasteiger partial charge in [0.2, 0.25) is 0 Å². The lowest BCUT2D eigenvalue weighted by molar-refractivity contribution is 0.666. The van der Waals surface area contributed by atoms with Gasteiger partial charge in [-0.25, -0.2) is 0 Å². The van der Waals surface area contributed by atoms with E-state index in [0.29, 0.717) is 0 Å². The molecule has 2 N–H and O–H groups in total. The molecule has 1 heterocycles. The summed E-state index contributed by atoms with van der Waals surface area (Å²) in [7, 11) is 0. The van der Waals surface area contributed by atoms with Crippen LogP contribution in [0.25, 0.3) is 21.8 Å². The fourth-order valence-corrected chi connectivity index (χ4v) is 4.51. The van der Waals surface area contributed by atoms with Crippen molar-refractivity contribution in [1.29, 1.82) is 0 Å². The molecule has 0 saturated carbocycles. The third-order valence-corrected chi connectivity index (χ3v) is 6.22. The Labute approximate surface area is 177 Å². The van der Waals surface area contributed by atoms with E-state index in [1.165, 1.54) is 97.1 Å². The van der Waals surface area contributed by atoms with E-state index in [1.54, 1.807) is 0 Å². The number of hydrogen-bond donors (Lipinski definition) is 1. The van der Waals surface area contributed by atoms with E-state index in [-0.39, 0.29) is 0 Å². The first-order chi connectivity index (χ1) is 14.3. The standard InChI is InChI=1S/C27H40N2/c1-3-5-7-9-12-22-14-16-26-24(20-22)25-21-23(13-10-8-6-4-2)15-17-27(25)29(26)19-11-18-28/h14-17,20-21H,3-13,18-19,28H2,1-2H3. The molecule has 2 heteroatoms. The van der Waals surface area contributed by atoms with Gasteiger partial charge in [-0.1, -0.05) is 64.5 Å². The van der Waals surface area contributed by atoms with Gasteiger partial charge in [0.05, 0.1) is 0 Å². The van der Waals surface area contributed by atoms with Gasteiger partial charge in [0.15, 0.2) is 0 Å². The van der Waals surface area contributed by atoms with Gasteiger partial charge >= 0.3 is 0 Å². The normalized spacial score (nSPS) is 11.7. The topological polar surface area (TPSA) is 30.9 Å². The highest BCUT2D eigenvalue weighted by atomic mass is 15.0. The van der Waals surface area contributed by atoms with Crippen molar-refractivity contribution in [3.05, 3.63) is 47.5 Å². The van der Waals surface area contributed by atoms with Crippen LogP contribution in [0, 0.1) is 0 Å². The summed E-state index contributed by atoms with van der Waals surface area (Å²) in [4.78, 5) is 0. The second-order valence-electron chi connectivity index (χ2n) is 8.62. The first-order valence-electron chi connectivity index (χ1n) is 12.0. The lowest BCUT2D eigenvalue weighted by Crippen LogP contribution is -2.05. The van der Waals surface area contributed by atoms with Crippen LogP contribution in [0.2, 0.25) is 0 Å². The summed E-state index contributed by atoms with van der Waals surface area (Å²) in [6, 6.07) is 14.3. The van der Waals surface area contributed by atoms with Crippen LogP contribution in [0.5, 0.6) is 0 Å². The molecule has 0 amide bonds. The van der Waals surface area contributed by atoms with Crippen LogP contribution < -0.4 is 5.73 Å². The highest BCUT2D eigenvalue weighted by Crippen LogP contribution is 2.31. The predicted molar refractivity (Wildman–Crippen MR) is 129 cm³/mol. The van der Waals surface area contributed by atoms with Gasteiger partial charge in [-0.15, -0.1) is 0 Å². The first-order valence-corrected chi connectivity index (χ1v) is 12.0. The van der Waals surface area contributed by atoms with E-state index in [2.05, 4.69) is 54.8 Å². The molecule has 0 fully saturated rings. The van der Waals surface area contributed by atoms with Gasteiger partial charge in [0.25, 0.3) is 0 Å². The van der Waals surface area contributed by atoms with Gasteiger partial charge in [-0.3, -0.25) is 0 Å². The van der Waals surface area contributed by atoms with Crippen molar-refractivity contribution in [2.75, 3.05) is 6.54 Å². The fourth-order valence-electron chi connectivity index (χ4n) is 4.51. The summed E-state index contributed by atoms with van der Waals surface area (Å²) in [6.07, 6.45) is 14.0. The van der Waals surface area contributed by atoms with E-state index >= 15 is 0 Å². The van der Waals surface area contributed by atoms with E-state index in [1.807, 2.05) is 0 Å². The summed E-state index contributed by atoms with van der Waals surface area (Å²) in [5, 5.41) is 2.86. The van der Waals surface area contributed by atoms with Crippen molar-refractivity contribution in [1.82, 2.24) is 4.57 Å². The number of aromatic nitrogens is 1. The van der Waals surface area contributed by atoms with Crippen LogP contribution in [-0.2, 0) is 19.4 Å². The number of aryl methyl sites for hydroxylation is 3. The molecule has 0 aliphatic carbocycles. The highest BCUT2D eigenvalue weighted by Gasteiger charge is 2.12. The van der Waals surface area contributed by atoms with E-state index in [9.17, 15) is 0 Å². The molecule has 0 atom stereocenters. The molecule has 0 aliphatic heterocycles. The lowest BCUT2D eigenvalue weighted by Gasteiger charge is -2.07. The molecular weight excluding hydrogens is 352 g/mol. The molecular formula is C27H40N2. The minimum Gasteiger partial charge on any atom is -0.340 e. The Kier molecular flexibility index (Phi) is 8.61. The van der Waals surface area contributed by atoms with Crippen LogP contribution in [0.15, 0.2) is 36.4 Å². The van der Waals surface area contributed by atoms with Crippen molar-refractivity contribution < 1.29 is 0 Å². The van der Waals surface area contributed by atoms with E-state index in [0.717, 1.165) is 19.5 Å². The molecule has 0 saturated heterocycles. The Morgan fingerprint density at radius 1 is 0.655 bits per heavy atom. The zero-order valence-corrected chi connectivity index (χ0v) is 18.7. The van der Waals surface area contributed by atoms with Crippen LogP contribution in [0.4, 0.5) is 0 Å². The average molecular weight is 393 g/mol. The maximum atomic E-state index is 5.83. The Bertz CT molecular complexity index is 821. The van der Waals surface area contributed by atoms with Gasteiger partial charge in [0, 0.05) is 28.4 Å². The van der Waals surface area contributed by atoms with Crippen molar-refractivity contribution in [2.24, 2.45) is 5.73 Å².